The number of H-pyrrole nitrogens is 2. The Morgan fingerprint density at radius 2 is 1.82 bits per heavy atom. The SMILES string of the molecule is S=c1cc[nH]c2[nH]ccc12.[H-].[Na+]. The Kier molecular flexibility index (Phi) is 2.90. The van der Waals surface area contributed by atoms with Gasteiger partial charge in [-0.25, -0.2) is 0 Å². The van der Waals surface area contributed by atoms with E-state index < -0.39 is 0 Å². The van der Waals surface area contributed by atoms with Gasteiger partial charge in [0.2, 0.25) is 0 Å². The maximum absolute atomic E-state index is 5.07. The fourth-order valence-electron chi connectivity index (χ4n) is 0.985. The van der Waals surface area contributed by atoms with Crippen molar-refractivity contribution in [2.75, 3.05) is 0 Å². The zero-order chi connectivity index (χ0) is 6.97. The minimum absolute atomic E-state index is 0. The summed E-state index contributed by atoms with van der Waals surface area (Å²) in [7, 11) is 0. The standard InChI is InChI=1S/C7H6N2S.Na.H/c10-6-2-4-9-7-5(6)1-3-8-7;;/h1-4H,(H2,8,9,10);;/q;+1;-1. The molecule has 0 saturated heterocycles. The average molecular weight is 174 g/mol. The zero-order valence-electron chi connectivity index (χ0n) is 7.22. The second kappa shape index (κ2) is 3.54. The van der Waals surface area contributed by atoms with Crippen LogP contribution in [-0.2, 0) is 0 Å². The van der Waals surface area contributed by atoms with Crippen molar-refractivity contribution in [2.45, 2.75) is 0 Å². The van der Waals surface area contributed by atoms with E-state index in [0.717, 1.165) is 15.5 Å². The minimum atomic E-state index is 0. The average Bonchev–Trinajstić information content (AvgIpc) is 2.36. The van der Waals surface area contributed by atoms with E-state index in [1.807, 2.05) is 24.5 Å². The zero-order valence-corrected chi connectivity index (χ0v) is 9.03. The van der Waals surface area contributed by atoms with Gasteiger partial charge in [0.15, 0.2) is 0 Å². The van der Waals surface area contributed by atoms with Gasteiger partial charge in [-0.3, -0.25) is 0 Å². The van der Waals surface area contributed by atoms with Crippen LogP contribution in [-0.4, -0.2) is 9.97 Å². The van der Waals surface area contributed by atoms with Crippen LogP contribution in [0.2, 0.25) is 0 Å². The first-order chi connectivity index (χ1) is 4.88. The molecule has 11 heavy (non-hydrogen) atoms. The summed E-state index contributed by atoms with van der Waals surface area (Å²) in [6.45, 7) is 0. The fraction of sp³-hybridized carbons (Fsp3) is 0. The number of hydrogen-bond acceptors (Lipinski definition) is 1. The molecular weight excluding hydrogens is 167 g/mol. The van der Waals surface area contributed by atoms with Crippen LogP contribution >= 0.6 is 12.2 Å². The fourth-order valence-corrected chi connectivity index (χ4v) is 1.22. The smallest absolute Gasteiger partial charge is 1.00 e. The van der Waals surface area contributed by atoms with Gasteiger partial charge in [-0.2, -0.15) is 0 Å². The molecule has 0 bridgehead atoms. The summed E-state index contributed by atoms with van der Waals surface area (Å²) in [5, 5.41) is 1.08. The molecule has 2 aromatic heterocycles. The van der Waals surface area contributed by atoms with Gasteiger partial charge in [0.05, 0.1) is 4.51 Å². The molecule has 0 fully saturated rings. The van der Waals surface area contributed by atoms with Crippen LogP contribution in [0.1, 0.15) is 1.43 Å². The van der Waals surface area contributed by atoms with Crippen LogP contribution in [0.5, 0.6) is 0 Å². The monoisotopic (exact) mass is 174 g/mol. The molecule has 0 aliphatic heterocycles. The second-order valence-electron chi connectivity index (χ2n) is 2.11. The van der Waals surface area contributed by atoms with Gasteiger partial charge < -0.3 is 11.4 Å². The van der Waals surface area contributed by atoms with E-state index in [9.17, 15) is 0 Å². The van der Waals surface area contributed by atoms with Gasteiger partial charge in [0.25, 0.3) is 0 Å². The second-order valence-corrected chi connectivity index (χ2v) is 2.55. The van der Waals surface area contributed by atoms with Gasteiger partial charge in [-0.1, -0.05) is 12.2 Å². The molecule has 2 N–H and O–H groups in total. The predicted molar refractivity (Wildman–Crippen MR) is 44.6 cm³/mol. The van der Waals surface area contributed by atoms with Gasteiger partial charge in [0.1, 0.15) is 5.65 Å². The van der Waals surface area contributed by atoms with E-state index in [-0.39, 0.29) is 31.0 Å². The molecule has 0 aromatic carbocycles. The first kappa shape index (κ1) is 9.00. The maximum Gasteiger partial charge on any atom is 1.00 e. The first-order valence-corrected chi connectivity index (χ1v) is 3.43. The van der Waals surface area contributed by atoms with Crippen molar-refractivity contribution < 1.29 is 31.0 Å². The Hall–Kier alpha value is -0.0900. The van der Waals surface area contributed by atoms with Crippen molar-refractivity contribution in [3.05, 3.63) is 29.0 Å². The van der Waals surface area contributed by atoms with E-state index in [1.54, 1.807) is 0 Å². The molecule has 0 amide bonds. The van der Waals surface area contributed by atoms with E-state index in [1.165, 1.54) is 0 Å². The van der Waals surface area contributed by atoms with Crippen LogP contribution < -0.4 is 29.6 Å². The Bertz CT molecular complexity index is 409. The third kappa shape index (κ3) is 1.56. The van der Waals surface area contributed by atoms with E-state index in [2.05, 4.69) is 9.97 Å². The van der Waals surface area contributed by atoms with E-state index in [0.29, 0.717) is 0 Å². The minimum Gasteiger partial charge on any atom is -1.00 e. The first-order valence-electron chi connectivity index (χ1n) is 3.03. The summed E-state index contributed by atoms with van der Waals surface area (Å²) in [4.78, 5) is 6.09. The molecule has 0 unspecified atom stereocenters. The predicted octanol–water partition coefficient (Wildman–Crippen LogP) is -0.658. The van der Waals surface area contributed by atoms with Crippen molar-refractivity contribution >= 4 is 23.3 Å². The van der Waals surface area contributed by atoms with Crippen LogP contribution in [0.25, 0.3) is 11.0 Å². The molecule has 2 nitrogen and oxygen atoms in total. The molecule has 2 rings (SSSR count). The van der Waals surface area contributed by atoms with Crippen molar-refractivity contribution in [1.82, 2.24) is 9.97 Å². The molecule has 0 saturated carbocycles. The number of hydrogen-bond donors (Lipinski definition) is 2. The molecule has 0 aliphatic rings. The van der Waals surface area contributed by atoms with Crippen molar-refractivity contribution in [2.24, 2.45) is 0 Å². The number of nitrogens with one attached hydrogen (secondary N) is 2. The Morgan fingerprint density at radius 3 is 2.45 bits per heavy atom. The van der Waals surface area contributed by atoms with Crippen LogP contribution in [0.3, 0.4) is 0 Å². The van der Waals surface area contributed by atoms with Crippen LogP contribution in [0.15, 0.2) is 24.5 Å². The number of aromatic nitrogens is 2. The summed E-state index contributed by atoms with van der Waals surface area (Å²) in [6.07, 6.45) is 3.71. The third-order valence-electron chi connectivity index (χ3n) is 1.47. The topological polar surface area (TPSA) is 31.6 Å². The Morgan fingerprint density at radius 1 is 1.18 bits per heavy atom. The third-order valence-corrected chi connectivity index (χ3v) is 1.83. The summed E-state index contributed by atoms with van der Waals surface area (Å²) in [5.41, 5.74) is 0.993. The summed E-state index contributed by atoms with van der Waals surface area (Å²) >= 11 is 5.07. The van der Waals surface area contributed by atoms with Crippen molar-refractivity contribution in [3.63, 3.8) is 0 Å². The number of aromatic amines is 2. The molecule has 52 valence electrons. The summed E-state index contributed by atoms with van der Waals surface area (Å²) in [5.74, 6) is 0. The molecular formula is C7H7N2NaS. The quantitative estimate of drug-likeness (QED) is 0.403. The van der Waals surface area contributed by atoms with Gasteiger partial charge in [0, 0.05) is 17.8 Å². The Labute approximate surface area is 92.8 Å². The molecule has 2 heterocycles. The van der Waals surface area contributed by atoms with Crippen LogP contribution in [0, 0.1) is 4.51 Å². The van der Waals surface area contributed by atoms with Crippen molar-refractivity contribution in [1.29, 1.82) is 0 Å². The van der Waals surface area contributed by atoms with Gasteiger partial charge in [-0.15, -0.1) is 0 Å². The van der Waals surface area contributed by atoms with E-state index in [4.69, 9.17) is 12.2 Å². The van der Waals surface area contributed by atoms with Crippen molar-refractivity contribution in [3.8, 4) is 0 Å². The number of rotatable bonds is 0. The van der Waals surface area contributed by atoms with Gasteiger partial charge >= 0.3 is 29.6 Å². The summed E-state index contributed by atoms with van der Waals surface area (Å²) in [6, 6.07) is 3.85. The Balaban J connectivity index is 0.000000605. The molecule has 0 atom stereocenters. The normalized spacial score (nSPS) is 9.45. The maximum atomic E-state index is 5.07. The molecule has 2 aromatic rings. The molecule has 0 aliphatic carbocycles. The van der Waals surface area contributed by atoms with E-state index >= 15 is 0 Å². The van der Waals surface area contributed by atoms with Gasteiger partial charge in [-0.05, 0) is 12.1 Å². The molecule has 4 heteroatoms. The number of fused-ring (bicyclic) bond motifs is 1. The largest absolute Gasteiger partial charge is 1.00 e. The molecule has 0 radical (unpaired) electrons. The molecule has 0 spiro atoms. The van der Waals surface area contributed by atoms with Crippen LogP contribution in [0.4, 0.5) is 0 Å². The number of pyridine rings is 1. The summed E-state index contributed by atoms with van der Waals surface area (Å²) < 4.78 is 0.884.